The summed E-state index contributed by atoms with van der Waals surface area (Å²) in [5, 5.41) is 10.8. The van der Waals surface area contributed by atoms with Gasteiger partial charge in [-0.3, -0.25) is 9.36 Å². The predicted octanol–water partition coefficient (Wildman–Crippen LogP) is 4.27. The number of aliphatic hydroxyl groups is 1. The Labute approximate surface area is 167 Å². The Morgan fingerprint density at radius 1 is 1.37 bits per heavy atom. The maximum Gasteiger partial charge on any atom is 0.267 e. The van der Waals surface area contributed by atoms with Crippen molar-refractivity contribution in [2.75, 3.05) is 12.4 Å². The molecule has 1 aromatic carbocycles. The molecule has 0 amide bonds. The fourth-order valence-electron chi connectivity index (χ4n) is 3.78. The van der Waals surface area contributed by atoms with Crippen LogP contribution in [0.3, 0.4) is 0 Å². The standard InChI is InChI=1S/C21H24N2O2S2/c1-12-4-6-14(3)16(10-12)23-20(25)18-15-7-5-13(2)11-17(15)27-19(18)22-21(23)26-9-8-24/h4,6,10,13,24H,5,7-9,11H2,1-3H3/t13-/m0/s1. The van der Waals surface area contributed by atoms with E-state index in [-0.39, 0.29) is 12.2 Å². The van der Waals surface area contributed by atoms with Gasteiger partial charge in [0.25, 0.3) is 5.56 Å². The first-order valence-corrected chi connectivity index (χ1v) is 11.2. The Kier molecular flexibility index (Phi) is 5.14. The summed E-state index contributed by atoms with van der Waals surface area (Å²) in [4.78, 5) is 20.7. The first-order valence-electron chi connectivity index (χ1n) is 9.38. The van der Waals surface area contributed by atoms with Crippen LogP contribution in [0.5, 0.6) is 0 Å². The summed E-state index contributed by atoms with van der Waals surface area (Å²) in [6, 6.07) is 6.16. The predicted molar refractivity (Wildman–Crippen MR) is 114 cm³/mol. The van der Waals surface area contributed by atoms with Gasteiger partial charge < -0.3 is 5.11 Å². The van der Waals surface area contributed by atoms with Crippen molar-refractivity contribution >= 4 is 33.3 Å². The minimum absolute atomic E-state index is 0.0289. The number of benzene rings is 1. The Bertz CT molecular complexity index is 1070. The summed E-state index contributed by atoms with van der Waals surface area (Å²) >= 11 is 3.12. The quantitative estimate of drug-likeness (QED) is 0.525. The number of thiophene rings is 1. The Hall–Kier alpha value is -1.63. The normalized spacial score (nSPS) is 16.7. The second kappa shape index (κ2) is 7.41. The third-order valence-electron chi connectivity index (χ3n) is 5.23. The number of nitrogens with zero attached hydrogens (tertiary/aromatic N) is 2. The molecule has 0 saturated heterocycles. The highest BCUT2D eigenvalue weighted by atomic mass is 32.2. The molecule has 0 radical (unpaired) electrons. The van der Waals surface area contributed by atoms with Crippen LogP contribution < -0.4 is 5.56 Å². The average Bonchev–Trinajstić information content (AvgIpc) is 2.99. The van der Waals surface area contributed by atoms with Crippen LogP contribution in [0.4, 0.5) is 0 Å². The van der Waals surface area contributed by atoms with Gasteiger partial charge in [-0.25, -0.2) is 4.98 Å². The van der Waals surface area contributed by atoms with Crippen LogP contribution in [-0.2, 0) is 12.8 Å². The fourth-order valence-corrected chi connectivity index (χ4v) is 5.95. The molecule has 4 rings (SSSR count). The largest absolute Gasteiger partial charge is 0.396 e. The SMILES string of the molecule is Cc1ccc(C)c(-n2c(SCCO)nc3sc4c(c3c2=O)CC[C@H](C)C4)c1. The first-order chi connectivity index (χ1) is 13.0. The van der Waals surface area contributed by atoms with Gasteiger partial charge in [-0.15, -0.1) is 11.3 Å². The molecule has 2 heterocycles. The highest BCUT2D eigenvalue weighted by molar-refractivity contribution is 7.99. The molecule has 142 valence electrons. The summed E-state index contributed by atoms with van der Waals surface area (Å²) in [6.07, 6.45) is 3.13. The van der Waals surface area contributed by atoms with Crippen LogP contribution >= 0.6 is 23.1 Å². The number of hydrogen-bond donors (Lipinski definition) is 1. The van der Waals surface area contributed by atoms with Crippen LogP contribution in [0.15, 0.2) is 28.2 Å². The summed E-state index contributed by atoms with van der Waals surface area (Å²) in [5.41, 5.74) is 4.29. The van der Waals surface area contributed by atoms with Crippen molar-refractivity contribution < 1.29 is 5.11 Å². The number of aromatic nitrogens is 2. The number of aryl methyl sites for hydroxylation is 3. The zero-order chi connectivity index (χ0) is 19.1. The third-order valence-corrected chi connectivity index (χ3v) is 7.29. The Morgan fingerprint density at radius 2 is 2.19 bits per heavy atom. The maximum absolute atomic E-state index is 13.6. The van der Waals surface area contributed by atoms with Crippen LogP contribution in [-0.4, -0.2) is 27.0 Å². The molecule has 0 bridgehead atoms. The number of fused-ring (bicyclic) bond motifs is 3. The van der Waals surface area contributed by atoms with Crippen LogP contribution in [0, 0.1) is 19.8 Å². The smallest absolute Gasteiger partial charge is 0.267 e. The molecule has 1 aliphatic rings. The highest BCUT2D eigenvalue weighted by Gasteiger charge is 2.25. The minimum Gasteiger partial charge on any atom is -0.396 e. The van der Waals surface area contributed by atoms with Gasteiger partial charge in [0.15, 0.2) is 5.16 Å². The average molecular weight is 401 g/mol. The van der Waals surface area contributed by atoms with Crippen molar-refractivity contribution in [3.05, 3.63) is 50.1 Å². The van der Waals surface area contributed by atoms with E-state index < -0.39 is 0 Å². The topological polar surface area (TPSA) is 55.1 Å². The van der Waals surface area contributed by atoms with Crippen LogP contribution in [0.1, 0.15) is 34.9 Å². The van der Waals surface area contributed by atoms with Gasteiger partial charge in [0.1, 0.15) is 4.83 Å². The second-order valence-electron chi connectivity index (χ2n) is 7.43. The molecule has 0 spiro atoms. The molecular weight excluding hydrogens is 376 g/mol. The molecule has 27 heavy (non-hydrogen) atoms. The van der Waals surface area contributed by atoms with Gasteiger partial charge in [0, 0.05) is 10.6 Å². The maximum atomic E-state index is 13.6. The number of rotatable bonds is 4. The molecule has 0 saturated carbocycles. The van der Waals surface area contributed by atoms with Crippen LogP contribution in [0.25, 0.3) is 15.9 Å². The van der Waals surface area contributed by atoms with Crippen molar-refractivity contribution in [3.8, 4) is 5.69 Å². The van der Waals surface area contributed by atoms with E-state index >= 15 is 0 Å². The van der Waals surface area contributed by atoms with Gasteiger partial charge in [-0.05, 0) is 61.8 Å². The molecule has 1 atom stereocenters. The molecule has 0 unspecified atom stereocenters. The van der Waals surface area contributed by atoms with Gasteiger partial charge in [-0.1, -0.05) is 30.8 Å². The molecule has 0 fully saturated rings. The highest BCUT2D eigenvalue weighted by Crippen LogP contribution is 2.37. The summed E-state index contributed by atoms with van der Waals surface area (Å²) in [6.45, 7) is 6.40. The lowest BCUT2D eigenvalue weighted by atomic mass is 9.89. The van der Waals surface area contributed by atoms with E-state index in [1.54, 1.807) is 15.9 Å². The molecule has 4 nitrogen and oxygen atoms in total. The van der Waals surface area contributed by atoms with Gasteiger partial charge in [0.05, 0.1) is 17.7 Å². The first kappa shape index (κ1) is 18.7. The minimum atomic E-state index is 0.0289. The zero-order valence-corrected chi connectivity index (χ0v) is 17.5. The van der Waals surface area contributed by atoms with E-state index in [9.17, 15) is 9.90 Å². The van der Waals surface area contributed by atoms with E-state index in [0.717, 1.165) is 46.3 Å². The fraction of sp³-hybridized carbons (Fsp3) is 0.429. The Morgan fingerprint density at radius 3 is 2.96 bits per heavy atom. The summed E-state index contributed by atoms with van der Waals surface area (Å²) in [7, 11) is 0. The van der Waals surface area contributed by atoms with Gasteiger partial charge in [0.2, 0.25) is 0 Å². The number of hydrogen-bond acceptors (Lipinski definition) is 5. The Balaban J connectivity index is 2.02. The van der Waals surface area contributed by atoms with E-state index in [1.807, 2.05) is 26.0 Å². The van der Waals surface area contributed by atoms with E-state index in [4.69, 9.17) is 4.98 Å². The number of thioether (sulfide) groups is 1. The van der Waals surface area contributed by atoms with E-state index in [0.29, 0.717) is 16.8 Å². The molecule has 3 aromatic rings. The van der Waals surface area contributed by atoms with Crippen molar-refractivity contribution in [2.45, 2.75) is 45.2 Å². The molecule has 1 aliphatic carbocycles. The monoisotopic (exact) mass is 400 g/mol. The van der Waals surface area contributed by atoms with E-state index in [1.165, 1.54) is 22.2 Å². The lowest BCUT2D eigenvalue weighted by Crippen LogP contribution is -2.23. The van der Waals surface area contributed by atoms with Crippen molar-refractivity contribution in [3.63, 3.8) is 0 Å². The third kappa shape index (κ3) is 3.35. The van der Waals surface area contributed by atoms with Crippen LogP contribution in [0.2, 0.25) is 0 Å². The molecular formula is C21H24N2O2S2. The van der Waals surface area contributed by atoms with Crippen molar-refractivity contribution in [2.24, 2.45) is 5.92 Å². The van der Waals surface area contributed by atoms with Crippen molar-refractivity contribution in [1.29, 1.82) is 0 Å². The van der Waals surface area contributed by atoms with Gasteiger partial charge >= 0.3 is 0 Å². The van der Waals surface area contributed by atoms with Gasteiger partial charge in [-0.2, -0.15) is 0 Å². The lowest BCUT2D eigenvalue weighted by Gasteiger charge is -2.18. The molecule has 1 N–H and O–H groups in total. The molecule has 0 aliphatic heterocycles. The van der Waals surface area contributed by atoms with Crippen molar-refractivity contribution in [1.82, 2.24) is 9.55 Å². The number of aliphatic hydroxyl groups excluding tert-OH is 1. The zero-order valence-electron chi connectivity index (χ0n) is 15.9. The molecule has 6 heteroatoms. The lowest BCUT2D eigenvalue weighted by molar-refractivity contribution is 0.322. The van der Waals surface area contributed by atoms with E-state index in [2.05, 4.69) is 13.0 Å². The molecule has 2 aromatic heterocycles. The summed E-state index contributed by atoms with van der Waals surface area (Å²) in [5.74, 6) is 1.18. The second-order valence-corrected chi connectivity index (χ2v) is 9.57. The summed E-state index contributed by atoms with van der Waals surface area (Å²) < 4.78 is 1.76.